The van der Waals surface area contributed by atoms with E-state index in [1.165, 1.54) is 5.56 Å². The van der Waals surface area contributed by atoms with Gasteiger partial charge < -0.3 is 15.8 Å². The van der Waals surface area contributed by atoms with Crippen LogP contribution in [0.4, 0.5) is 0 Å². The number of carbonyl (C=O) groups excluding carboxylic acids is 1. The molecule has 1 aliphatic carbocycles. The average molecular weight is 248 g/mol. The molecule has 0 saturated heterocycles. The van der Waals surface area contributed by atoms with Gasteiger partial charge in [-0.2, -0.15) is 0 Å². The van der Waals surface area contributed by atoms with E-state index in [2.05, 4.69) is 17.4 Å². The summed E-state index contributed by atoms with van der Waals surface area (Å²) < 4.78 is 4.87. The molecule has 1 saturated carbocycles. The molecule has 0 bridgehead atoms. The third kappa shape index (κ3) is 2.89. The summed E-state index contributed by atoms with van der Waals surface area (Å²) in [6.45, 7) is 0.914. The lowest BCUT2D eigenvalue weighted by Crippen LogP contribution is -2.45. The largest absolute Gasteiger partial charge is 0.383 e. The molecule has 1 aromatic rings. The normalized spacial score (nSPS) is 18.1. The summed E-state index contributed by atoms with van der Waals surface area (Å²) in [5.41, 5.74) is 7.10. The molecule has 1 unspecified atom stereocenters. The minimum absolute atomic E-state index is 0.129. The zero-order valence-corrected chi connectivity index (χ0v) is 10.7. The molecule has 1 atom stereocenters. The summed E-state index contributed by atoms with van der Waals surface area (Å²) in [7, 11) is 1.54. The number of nitrogens with one attached hydrogen (secondary N) is 1. The van der Waals surface area contributed by atoms with Gasteiger partial charge in [-0.05, 0) is 18.4 Å². The minimum Gasteiger partial charge on any atom is -0.383 e. The summed E-state index contributed by atoms with van der Waals surface area (Å²) in [6, 6.07) is 9.73. The Morgan fingerprint density at radius 3 is 2.67 bits per heavy atom. The van der Waals surface area contributed by atoms with Gasteiger partial charge in [0.15, 0.2) is 0 Å². The van der Waals surface area contributed by atoms with Gasteiger partial charge in [0.25, 0.3) is 0 Å². The van der Waals surface area contributed by atoms with Crippen LogP contribution in [-0.2, 0) is 14.9 Å². The van der Waals surface area contributed by atoms with E-state index in [0.29, 0.717) is 6.54 Å². The standard InChI is InChI=1S/C14H20N2O2/c1-18-9-12(15)13(17)16-10-14(7-8-14)11-5-3-2-4-6-11/h2-6,12H,7-10,15H2,1H3,(H,16,17). The third-order valence-electron chi connectivity index (χ3n) is 3.52. The van der Waals surface area contributed by atoms with Gasteiger partial charge in [-0.25, -0.2) is 0 Å². The lowest BCUT2D eigenvalue weighted by Gasteiger charge is -2.18. The lowest BCUT2D eigenvalue weighted by atomic mass is 9.96. The van der Waals surface area contributed by atoms with Crippen molar-refractivity contribution in [1.82, 2.24) is 5.32 Å². The number of methoxy groups -OCH3 is 1. The van der Waals surface area contributed by atoms with Gasteiger partial charge in [0.2, 0.25) is 5.91 Å². The number of hydrogen-bond acceptors (Lipinski definition) is 3. The summed E-state index contributed by atoms with van der Waals surface area (Å²) in [5.74, 6) is -0.140. The number of hydrogen-bond donors (Lipinski definition) is 2. The Hall–Kier alpha value is -1.39. The van der Waals surface area contributed by atoms with Crippen molar-refractivity contribution in [2.24, 2.45) is 5.73 Å². The summed E-state index contributed by atoms with van der Waals surface area (Å²) in [5, 5.41) is 2.92. The van der Waals surface area contributed by atoms with Crippen molar-refractivity contribution in [3.63, 3.8) is 0 Å². The first kappa shape index (κ1) is 13.1. The van der Waals surface area contributed by atoms with Crippen LogP contribution in [0.1, 0.15) is 18.4 Å². The first-order valence-electron chi connectivity index (χ1n) is 6.26. The van der Waals surface area contributed by atoms with Crippen molar-refractivity contribution < 1.29 is 9.53 Å². The molecule has 0 radical (unpaired) electrons. The maximum atomic E-state index is 11.7. The average Bonchev–Trinajstić information content (AvgIpc) is 3.18. The molecule has 1 aliphatic rings. The van der Waals surface area contributed by atoms with Crippen molar-refractivity contribution in [1.29, 1.82) is 0 Å². The fraction of sp³-hybridized carbons (Fsp3) is 0.500. The van der Waals surface area contributed by atoms with Gasteiger partial charge in [0.05, 0.1) is 6.61 Å². The van der Waals surface area contributed by atoms with Crippen LogP contribution in [0.5, 0.6) is 0 Å². The molecular formula is C14H20N2O2. The van der Waals surface area contributed by atoms with Crippen molar-refractivity contribution in [3.8, 4) is 0 Å². The molecule has 4 heteroatoms. The number of rotatable bonds is 6. The van der Waals surface area contributed by atoms with Gasteiger partial charge in [-0.15, -0.1) is 0 Å². The molecule has 4 nitrogen and oxygen atoms in total. The predicted molar refractivity (Wildman–Crippen MR) is 70.2 cm³/mol. The topological polar surface area (TPSA) is 64.3 Å². The van der Waals surface area contributed by atoms with Gasteiger partial charge in [0, 0.05) is 19.1 Å². The van der Waals surface area contributed by atoms with Gasteiger partial charge in [0.1, 0.15) is 6.04 Å². The highest BCUT2D eigenvalue weighted by Gasteiger charge is 2.44. The Balaban J connectivity index is 1.89. The summed E-state index contributed by atoms with van der Waals surface area (Å²) in [6.07, 6.45) is 2.24. The van der Waals surface area contributed by atoms with Crippen molar-refractivity contribution in [2.45, 2.75) is 24.3 Å². The molecule has 0 spiro atoms. The second kappa shape index (κ2) is 5.50. The molecule has 0 aromatic heterocycles. The second-order valence-corrected chi connectivity index (χ2v) is 4.93. The van der Waals surface area contributed by atoms with E-state index in [1.54, 1.807) is 7.11 Å². The van der Waals surface area contributed by atoms with Gasteiger partial charge in [-0.1, -0.05) is 30.3 Å². The monoisotopic (exact) mass is 248 g/mol. The highest BCUT2D eigenvalue weighted by atomic mass is 16.5. The number of nitrogens with two attached hydrogens (primary N) is 1. The molecule has 0 heterocycles. The fourth-order valence-corrected chi connectivity index (χ4v) is 2.15. The molecule has 0 aliphatic heterocycles. The number of amides is 1. The van der Waals surface area contributed by atoms with E-state index in [9.17, 15) is 4.79 Å². The van der Waals surface area contributed by atoms with Crippen LogP contribution in [0.2, 0.25) is 0 Å². The van der Waals surface area contributed by atoms with Crippen LogP contribution in [0.15, 0.2) is 30.3 Å². The molecule has 3 N–H and O–H groups in total. The van der Waals surface area contributed by atoms with Crippen LogP contribution in [0, 0.1) is 0 Å². The molecule has 1 fully saturated rings. The van der Waals surface area contributed by atoms with Gasteiger partial charge in [-0.3, -0.25) is 4.79 Å². The Bertz CT molecular complexity index is 402. The second-order valence-electron chi connectivity index (χ2n) is 4.93. The Labute approximate surface area is 108 Å². The summed E-state index contributed by atoms with van der Waals surface area (Å²) >= 11 is 0. The highest BCUT2D eigenvalue weighted by molar-refractivity contribution is 5.81. The molecule has 1 aromatic carbocycles. The van der Waals surface area contributed by atoms with E-state index in [-0.39, 0.29) is 17.9 Å². The molecule has 2 rings (SSSR count). The number of benzene rings is 1. The number of carbonyl (C=O) groups is 1. The van der Waals surface area contributed by atoms with Crippen molar-refractivity contribution >= 4 is 5.91 Å². The Morgan fingerprint density at radius 1 is 1.44 bits per heavy atom. The molecule has 18 heavy (non-hydrogen) atoms. The van der Waals surface area contributed by atoms with Crippen molar-refractivity contribution in [2.75, 3.05) is 20.3 Å². The van der Waals surface area contributed by atoms with Crippen molar-refractivity contribution in [3.05, 3.63) is 35.9 Å². The van der Waals surface area contributed by atoms with Crippen LogP contribution in [-0.4, -0.2) is 32.2 Å². The third-order valence-corrected chi connectivity index (χ3v) is 3.52. The van der Waals surface area contributed by atoms with E-state index in [0.717, 1.165) is 12.8 Å². The van der Waals surface area contributed by atoms with Crippen LogP contribution in [0.3, 0.4) is 0 Å². The predicted octanol–water partition coefficient (Wildman–Crippen LogP) is 0.808. The van der Waals surface area contributed by atoms with E-state index < -0.39 is 6.04 Å². The first-order valence-corrected chi connectivity index (χ1v) is 6.26. The summed E-state index contributed by atoms with van der Waals surface area (Å²) in [4.78, 5) is 11.7. The van der Waals surface area contributed by atoms with E-state index in [1.807, 2.05) is 18.2 Å². The zero-order chi connectivity index (χ0) is 13.0. The maximum absolute atomic E-state index is 11.7. The maximum Gasteiger partial charge on any atom is 0.239 e. The smallest absolute Gasteiger partial charge is 0.239 e. The molecular weight excluding hydrogens is 228 g/mol. The Morgan fingerprint density at radius 2 is 2.11 bits per heavy atom. The zero-order valence-electron chi connectivity index (χ0n) is 10.7. The SMILES string of the molecule is COCC(N)C(=O)NCC1(c2ccccc2)CC1. The fourth-order valence-electron chi connectivity index (χ4n) is 2.15. The molecule has 98 valence electrons. The Kier molecular flexibility index (Phi) is 3.99. The molecule has 1 amide bonds. The quantitative estimate of drug-likeness (QED) is 0.783. The lowest BCUT2D eigenvalue weighted by molar-refractivity contribution is -0.123. The first-order chi connectivity index (χ1) is 8.68. The minimum atomic E-state index is -0.582. The van der Waals surface area contributed by atoms with Gasteiger partial charge >= 0.3 is 0 Å². The van der Waals surface area contributed by atoms with Crippen LogP contribution >= 0.6 is 0 Å². The van der Waals surface area contributed by atoms with E-state index in [4.69, 9.17) is 10.5 Å². The van der Waals surface area contributed by atoms with E-state index >= 15 is 0 Å². The van der Waals surface area contributed by atoms with Crippen LogP contribution in [0.25, 0.3) is 0 Å². The van der Waals surface area contributed by atoms with Crippen LogP contribution < -0.4 is 11.1 Å². The highest BCUT2D eigenvalue weighted by Crippen LogP contribution is 2.47. The number of ether oxygens (including phenoxy) is 1.